The number of nitro groups is 1. The van der Waals surface area contributed by atoms with E-state index in [-0.39, 0.29) is 16.3 Å². The van der Waals surface area contributed by atoms with Gasteiger partial charge in [0.25, 0.3) is 5.69 Å². The van der Waals surface area contributed by atoms with E-state index in [1.807, 2.05) is 19.0 Å². The van der Waals surface area contributed by atoms with Gasteiger partial charge in [0.15, 0.2) is 9.84 Å². The molecular weight excluding hydrogens is 406 g/mol. The van der Waals surface area contributed by atoms with Gasteiger partial charge in [0.1, 0.15) is 0 Å². The Kier molecular flexibility index (Phi) is 6.38. The summed E-state index contributed by atoms with van der Waals surface area (Å²) in [4.78, 5) is 21.0. The first-order valence-electron chi connectivity index (χ1n) is 9.07. The molecule has 0 saturated heterocycles. The number of hydrogen-bond donors (Lipinski definition) is 1. The largest absolute Gasteiger partial charge is 0.324 e. The van der Waals surface area contributed by atoms with Gasteiger partial charge < -0.3 is 10.2 Å². The minimum Gasteiger partial charge on any atom is -0.324 e. The second kappa shape index (κ2) is 8.97. The number of aromatic nitrogens is 2. The maximum atomic E-state index is 12.4. The van der Waals surface area contributed by atoms with Crippen molar-refractivity contribution in [2.45, 2.75) is 4.90 Å². The SMILES string of the molecule is CN(C)CCS(=O)(=O)c1ccc(Nc2nccc(-c3ccc([N+](=O)[O-])cc3)n2)cc1. The third-order valence-electron chi connectivity index (χ3n) is 4.31. The highest BCUT2D eigenvalue weighted by Gasteiger charge is 2.14. The fourth-order valence-electron chi connectivity index (χ4n) is 2.63. The van der Waals surface area contributed by atoms with Gasteiger partial charge in [0.2, 0.25) is 5.95 Å². The molecule has 0 bridgehead atoms. The van der Waals surface area contributed by atoms with Crippen LogP contribution in [-0.2, 0) is 9.84 Å². The first-order chi connectivity index (χ1) is 14.2. The van der Waals surface area contributed by atoms with Crippen LogP contribution in [0.1, 0.15) is 0 Å². The molecule has 0 atom stereocenters. The van der Waals surface area contributed by atoms with Crippen LogP contribution in [0.3, 0.4) is 0 Å². The summed E-state index contributed by atoms with van der Waals surface area (Å²) in [6.07, 6.45) is 1.58. The number of nitrogens with zero attached hydrogens (tertiary/aromatic N) is 4. The lowest BCUT2D eigenvalue weighted by Crippen LogP contribution is -2.21. The summed E-state index contributed by atoms with van der Waals surface area (Å²) in [5, 5.41) is 13.8. The Labute approximate surface area is 174 Å². The third-order valence-corrected chi connectivity index (χ3v) is 6.02. The van der Waals surface area contributed by atoms with Gasteiger partial charge in [-0.2, -0.15) is 0 Å². The molecule has 1 N–H and O–H groups in total. The first-order valence-corrected chi connectivity index (χ1v) is 10.7. The number of hydrogen-bond acceptors (Lipinski definition) is 8. The summed E-state index contributed by atoms with van der Waals surface area (Å²) in [7, 11) is 0.307. The van der Waals surface area contributed by atoms with Crippen LogP contribution in [0, 0.1) is 10.1 Å². The summed E-state index contributed by atoms with van der Waals surface area (Å²) >= 11 is 0. The Balaban J connectivity index is 1.74. The maximum absolute atomic E-state index is 12.4. The average Bonchev–Trinajstić information content (AvgIpc) is 2.73. The van der Waals surface area contributed by atoms with Crippen molar-refractivity contribution in [3.63, 3.8) is 0 Å². The first kappa shape index (κ1) is 21.3. The van der Waals surface area contributed by atoms with E-state index in [0.29, 0.717) is 29.4 Å². The Hall–Kier alpha value is -3.37. The molecule has 1 aromatic heterocycles. The lowest BCUT2D eigenvalue weighted by Gasteiger charge is -2.11. The van der Waals surface area contributed by atoms with E-state index in [1.54, 1.807) is 48.7 Å². The molecule has 0 aliphatic carbocycles. The van der Waals surface area contributed by atoms with Crippen molar-refractivity contribution >= 4 is 27.2 Å². The number of benzene rings is 2. The summed E-state index contributed by atoms with van der Waals surface area (Å²) in [5.41, 5.74) is 1.97. The molecule has 0 fully saturated rings. The number of non-ortho nitro benzene ring substituents is 1. The highest BCUT2D eigenvalue weighted by Crippen LogP contribution is 2.23. The molecule has 0 amide bonds. The van der Waals surface area contributed by atoms with Crippen LogP contribution in [0.4, 0.5) is 17.3 Å². The van der Waals surface area contributed by atoms with Crippen LogP contribution >= 0.6 is 0 Å². The molecule has 30 heavy (non-hydrogen) atoms. The zero-order chi connectivity index (χ0) is 21.7. The van der Waals surface area contributed by atoms with E-state index in [2.05, 4.69) is 15.3 Å². The van der Waals surface area contributed by atoms with Gasteiger partial charge in [-0.15, -0.1) is 0 Å². The summed E-state index contributed by atoms with van der Waals surface area (Å²) in [6.45, 7) is 0.450. The molecule has 0 unspecified atom stereocenters. The van der Waals surface area contributed by atoms with E-state index in [4.69, 9.17) is 0 Å². The number of rotatable bonds is 8. The van der Waals surface area contributed by atoms with Crippen molar-refractivity contribution in [1.29, 1.82) is 0 Å². The molecule has 0 aliphatic heterocycles. The third kappa shape index (κ3) is 5.37. The number of nitro benzene ring substituents is 1. The quantitative estimate of drug-likeness (QED) is 0.430. The van der Waals surface area contributed by atoms with Gasteiger partial charge in [0.05, 0.1) is 21.3 Å². The van der Waals surface area contributed by atoms with Gasteiger partial charge in [0, 0.05) is 36.1 Å². The minimum atomic E-state index is -3.35. The molecule has 3 rings (SSSR count). The predicted octanol–water partition coefficient (Wildman–Crippen LogP) is 3.13. The van der Waals surface area contributed by atoms with Gasteiger partial charge in [-0.1, -0.05) is 0 Å². The molecule has 2 aromatic carbocycles. The van der Waals surface area contributed by atoms with Crippen molar-refractivity contribution in [1.82, 2.24) is 14.9 Å². The van der Waals surface area contributed by atoms with Crippen LogP contribution in [0.25, 0.3) is 11.3 Å². The molecule has 0 spiro atoms. The van der Waals surface area contributed by atoms with E-state index in [9.17, 15) is 18.5 Å². The second-order valence-corrected chi connectivity index (χ2v) is 8.95. The van der Waals surface area contributed by atoms with Crippen LogP contribution in [0.5, 0.6) is 0 Å². The Morgan fingerprint density at radius 3 is 2.30 bits per heavy atom. The summed E-state index contributed by atoms with van der Waals surface area (Å²) in [5.74, 6) is 0.377. The van der Waals surface area contributed by atoms with Gasteiger partial charge in [-0.05, 0) is 56.6 Å². The smallest absolute Gasteiger partial charge is 0.269 e. The molecule has 3 aromatic rings. The van der Waals surface area contributed by atoms with Crippen LogP contribution in [0.2, 0.25) is 0 Å². The summed E-state index contributed by atoms with van der Waals surface area (Å²) in [6, 6.07) is 14.2. The predicted molar refractivity (Wildman–Crippen MR) is 114 cm³/mol. The van der Waals surface area contributed by atoms with Crippen LogP contribution < -0.4 is 5.32 Å². The molecule has 9 nitrogen and oxygen atoms in total. The highest BCUT2D eigenvalue weighted by molar-refractivity contribution is 7.91. The standard InChI is InChI=1S/C20H21N5O4S/c1-24(2)13-14-30(28,29)18-9-5-16(6-10-18)22-20-21-12-11-19(23-20)15-3-7-17(8-4-15)25(26)27/h3-12H,13-14H2,1-2H3,(H,21,22,23). The van der Waals surface area contributed by atoms with Crippen LogP contribution in [-0.4, -0.2) is 54.6 Å². The van der Waals surface area contributed by atoms with E-state index in [0.717, 1.165) is 0 Å². The Bertz CT molecular complexity index is 1130. The topological polar surface area (TPSA) is 118 Å². The monoisotopic (exact) mass is 427 g/mol. The minimum absolute atomic E-state index is 0.00628. The fourth-order valence-corrected chi connectivity index (χ4v) is 4.02. The fraction of sp³-hybridized carbons (Fsp3) is 0.200. The molecule has 156 valence electrons. The molecule has 1 heterocycles. The zero-order valence-corrected chi connectivity index (χ0v) is 17.3. The van der Waals surface area contributed by atoms with Crippen molar-refractivity contribution in [3.8, 4) is 11.3 Å². The molecule has 0 aliphatic rings. The highest BCUT2D eigenvalue weighted by atomic mass is 32.2. The molecule has 10 heteroatoms. The van der Waals surface area contributed by atoms with Crippen molar-refractivity contribution in [2.24, 2.45) is 0 Å². The van der Waals surface area contributed by atoms with Gasteiger partial charge >= 0.3 is 0 Å². The number of anilines is 2. The maximum Gasteiger partial charge on any atom is 0.269 e. The normalized spacial score (nSPS) is 11.4. The molecule has 0 radical (unpaired) electrons. The Morgan fingerprint density at radius 2 is 1.70 bits per heavy atom. The Morgan fingerprint density at radius 1 is 1.03 bits per heavy atom. The number of nitrogens with one attached hydrogen (secondary N) is 1. The second-order valence-electron chi connectivity index (χ2n) is 6.84. The van der Waals surface area contributed by atoms with Crippen LogP contribution in [0.15, 0.2) is 65.7 Å². The molecule has 0 saturated carbocycles. The van der Waals surface area contributed by atoms with Crippen molar-refractivity contribution in [2.75, 3.05) is 31.7 Å². The van der Waals surface area contributed by atoms with Crippen molar-refractivity contribution < 1.29 is 13.3 Å². The zero-order valence-electron chi connectivity index (χ0n) is 16.5. The van der Waals surface area contributed by atoms with E-state index in [1.165, 1.54) is 12.1 Å². The average molecular weight is 427 g/mol. The lowest BCUT2D eigenvalue weighted by molar-refractivity contribution is -0.384. The molecular formula is C20H21N5O4S. The van der Waals surface area contributed by atoms with Gasteiger partial charge in [-0.25, -0.2) is 18.4 Å². The van der Waals surface area contributed by atoms with E-state index >= 15 is 0 Å². The lowest BCUT2D eigenvalue weighted by atomic mass is 10.1. The van der Waals surface area contributed by atoms with Crippen molar-refractivity contribution in [3.05, 3.63) is 70.9 Å². The summed E-state index contributed by atoms with van der Waals surface area (Å²) < 4.78 is 24.7. The van der Waals surface area contributed by atoms with E-state index < -0.39 is 14.8 Å². The number of sulfone groups is 1. The van der Waals surface area contributed by atoms with Gasteiger partial charge in [-0.3, -0.25) is 10.1 Å².